The van der Waals surface area contributed by atoms with Crippen molar-refractivity contribution in [3.8, 4) is 5.75 Å². The van der Waals surface area contributed by atoms with Gasteiger partial charge in [0.1, 0.15) is 5.75 Å². The molecule has 2 aromatic rings. The summed E-state index contributed by atoms with van der Waals surface area (Å²) in [4.78, 5) is 15.1. The number of halogens is 1. The van der Waals surface area contributed by atoms with Crippen molar-refractivity contribution >= 4 is 21.8 Å². The first-order valence-electron chi connectivity index (χ1n) is 9.27. The molecule has 0 saturated carbocycles. The van der Waals surface area contributed by atoms with Crippen LogP contribution < -0.4 is 4.74 Å². The van der Waals surface area contributed by atoms with E-state index in [2.05, 4.69) is 40.0 Å². The predicted octanol–water partition coefficient (Wildman–Crippen LogP) is 4.13. The molecule has 27 heavy (non-hydrogen) atoms. The Bertz CT molecular complexity index is 785. The van der Waals surface area contributed by atoms with E-state index in [4.69, 9.17) is 9.47 Å². The van der Waals surface area contributed by atoms with Crippen LogP contribution in [0.3, 0.4) is 0 Å². The van der Waals surface area contributed by atoms with E-state index in [0.717, 1.165) is 40.9 Å². The molecule has 1 amide bonds. The highest BCUT2D eigenvalue weighted by atomic mass is 79.9. The number of H-pyrrole nitrogens is 1. The number of hydrogen-bond donors (Lipinski definition) is 1. The Morgan fingerprint density at radius 3 is 2.93 bits per heavy atom. The first kappa shape index (κ1) is 19.9. The molecule has 1 aliphatic heterocycles. The second kappa shape index (κ2) is 8.89. The van der Waals surface area contributed by atoms with Crippen LogP contribution in [0.25, 0.3) is 0 Å². The minimum absolute atomic E-state index is 0.0712. The highest BCUT2D eigenvalue weighted by Crippen LogP contribution is 2.27. The molecule has 146 valence electrons. The van der Waals surface area contributed by atoms with Gasteiger partial charge >= 0.3 is 0 Å². The third-order valence-electron chi connectivity index (χ3n) is 4.76. The van der Waals surface area contributed by atoms with Crippen molar-refractivity contribution in [1.29, 1.82) is 0 Å². The number of carbonyl (C=O) groups is 1. The van der Waals surface area contributed by atoms with Crippen molar-refractivity contribution in [3.05, 3.63) is 45.7 Å². The van der Waals surface area contributed by atoms with Crippen LogP contribution in [0.4, 0.5) is 0 Å². The maximum absolute atomic E-state index is 13.3. The summed E-state index contributed by atoms with van der Waals surface area (Å²) >= 11 is 3.55. The number of amides is 1. The Labute approximate surface area is 168 Å². The number of rotatable bonds is 7. The third-order valence-corrected chi connectivity index (χ3v) is 5.56. The standard InChI is InChI=1S/C20H26BrN3O3/c1-13(2)18-17(21)19(23-22-18)20(25)24(12-16-8-5-9-27-16)11-14-6-4-7-15(10-14)26-3/h4,6-7,10,13,16H,5,8-9,11-12H2,1-3H3,(H,22,23). The third kappa shape index (κ3) is 4.71. The number of carbonyl (C=O) groups excluding carboxylic acids is 1. The van der Waals surface area contributed by atoms with Gasteiger partial charge in [-0.3, -0.25) is 9.89 Å². The van der Waals surface area contributed by atoms with E-state index in [-0.39, 0.29) is 17.9 Å². The summed E-state index contributed by atoms with van der Waals surface area (Å²) in [5, 5.41) is 7.27. The molecule has 0 bridgehead atoms. The zero-order valence-corrected chi connectivity index (χ0v) is 17.6. The zero-order valence-electron chi connectivity index (χ0n) is 16.0. The second-order valence-electron chi connectivity index (χ2n) is 7.13. The Kier molecular flexibility index (Phi) is 6.55. The van der Waals surface area contributed by atoms with Gasteiger partial charge in [-0.25, -0.2) is 0 Å². The summed E-state index contributed by atoms with van der Waals surface area (Å²) in [6.45, 7) is 5.91. The monoisotopic (exact) mass is 435 g/mol. The number of aromatic amines is 1. The number of methoxy groups -OCH3 is 1. The van der Waals surface area contributed by atoms with Gasteiger partial charge in [-0.15, -0.1) is 0 Å². The van der Waals surface area contributed by atoms with Gasteiger partial charge in [-0.1, -0.05) is 26.0 Å². The molecule has 0 aliphatic carbocycles. The number of nitrogens with one attached hydrogen (secondary N) is 1. The second-order valence-corrected chi connectivity index (χ2v) is 7.92. The lowest BCUT2D eigenvalue weighted by Gasteiger charge is -2.25. The van der Waals surface area contributed by atoms with E-state index in [1.165, 1.54) is 0 Å². The molecule has 1 N–H and O–H groups in total. The Hall–Kier alpha value is -1.86. The lowest BCUT2D eigenvalue weighted by Crippen LogP contribution is -2.37. The lowest BCUT2D eigenvalue weighted by atomic mass is 10.1. The number of benzene rings is 1. The minimum atomic E-state index is -0.108. The Morgan fingerprint density at radius 2 is 2.30 bits per heavy atom. The van der Waals surface area contributed by atoms with Gasteiger partial charge in [0.05, 0.1) is 23.4 Å². The summed E-state index contributed by atoms with van der Waals surface area (Å²) < 4.78 is 11.8. The molecule has 7 heteroatoms. The molecule has 0 spiro atoms. The number of aromatic nitrogens is 2. The fourth-order valence-electron chi connectivity index (χ4n) is 3.26. The largest absolute Gasteiger partial charge is 0.497 e. The minimum Gasteiger partial charge on any atom is -0.497 e. The molecule has 3 rings (SSSR count). The maximum atomic E-state index is 13.3. The van der Waals surface area contributed by atoms with Crippen LogP contribution in [-0.2, 0) is 11.3 Å². The van der Waals surface area contributed by atoms with E-state index >= 15 is 0 Å². The first-order chi connectivity index (χ1) is 13.0. The van der Waals surface area contributed by atoms with Crippen LogP contribution >= 0.6 is 15.9 Å². The summed E-state index contributed by atoms with van der Waals surface area (Å²) in [5.74, 6) is 0.918. The number of nitrogens with zero attached hydrogens (tertiary/aromatic N) is 2. The van der Waals surface area contributed by atoms with Crippen LogP contribution in [0.5, 0.6) is 5.75 Å². The smallest absolute Gasteiger partial charge is 0.275 e. The topological polar surface area (TPSA) is 67.5 Å². The molecule has 0 radical (unpaired) electrons. The molecular weight excluding hydrogens is 410 g/mol. The van der Waals surface area contributed by atoms with E-state index < -0.39 is 0 Å². The van der Waals surface area contributed by atoms with E-state index in [1.54, 1.807) is 7.11 Å². The van der Waals surface area contributed by atoms with E-state index in [0.29, 0.717) is 18.8 Å². The zero-order chi connectivity index (χ0) is 19.4. The van der Waals surface area contributed by atoms with Crippen LogP contribution in [0, 0.1) is 0 Å². The van der Waals surface area contributed by atoms with Crippen molar-refractivity contribution in [1.82, 2.24) is 15.1 Å². The van der Waals surface area contributed by atoms with Gasteiger partial charge < -0.3 is 14.4 Å². The van der Waals surface area contributed by atoms with Crippen molar-refractivity contribution in [2.45, 2.75) is 45.3 Å². The molecule has 1 fully saturated rings. The van der Waals surface area contributed by atoms with Crippen molar-refractivity contribution in [3.63, 3.8) is 0 Å². The van der Waals surface area contributed by atoms with Gasteiger partial charge in [-0.05, 0) is 52.4 Å². The molecule has 1 aromatic carbocycles. The molecule has 1 unspecified atom stereocenters. The van der Waals surface area contributed by atoms with Crippen LogP contribution in [0.15, 0.2) is 28.7 Å². The summed E-state index contributed by atoms with van der Waals surface area (Å²) in [5.41, 5.74) is 2.35. The SMILES string of the molecule is COc1cccc(CN(CC2CCCO2)C(=O)c2n[nH]c(C(C)C)c2Br)c1. The number of hydrogen-bond acceptors (Lipinski definition) is 4. The molecule has 2 heterocycles. The molecule has 6 nitrogen and oxygen atoms in total. The average molecular weight is 436 g/mol. The molecule has 1 saturated heterocycles. The Balaban J connectivity index is 1.85. The predicted molar refractivity (Wildman–Crippen MR) is 107 cm³/mol. The van der Waals surface area contributed by atoms with Gasteiger partial charge in [0.15, 0.2) is 5.69 Å². The summed E-state index contributed by atoms with van der Waals surface area (Å²) in [7, 11) is 1.64. The molecule has 1 aromatic heterocycles. The molecule has 1 atom stereocenters. The molecule has 1 aliphatic rings. The summed E-state index contributed by atoms with van der Waals surface area (Å²) in [6, 6.07) is 7.78. The van der Waals surface area contributed by atoms with Crippen molar-refractivity contribution < 1.29 is 14.3 Å². The van der Waals surface area contributed by atoms with E-state index in [9.17, 15) is 4.79 Å². The fraction of sp³-hybridized carbons (Fsp3) is 0.500. The van der Waals surface area contributed by atoms with Crippen molar-refractivity contribution in [2.24, 2.45) is 0 Å². The van der Waals surface area contributed by atoms with E-state index in [1.807, 2.05) is 29.2 Å². The fourth-order valence-corrected chi connectivity index (χ4v) is 4.07. The van der Waals surface area contributed by atoms with Gasteiger partial charge in [0.25, 0.3) is 5.91 Å². The van der Waals surface area contributed by atoms with Gasteiger partial charge in [-0.2, -0.15) is 5.10 Å². The van der Waals surface area contributed by atoms with Crippen LogP contribution in [-0.4, -0.2) is 47.4 Å². The normalized spacial score (nSPS) is 16.7. The highest BCUT2D eigenvalue weighted by Gasteiger charge is 2.28. The Morgan fingerprint density at radius 1 is 1.48 bits per heavy atom. The average Bonchev–Trinajstić information content (AvgIpc) is 3.30. The highest BCUT2D eigenvalue weighted by molar-refractivity contribution is 9.10. The van der Waals surface area contributed by atoms with Gasteiger partial charge in [0, 0.05) is 19.7 Å². The number of ether oxygens (including phenoxy) is 2. The quantitative estimate of drug-likeness (QED) is 0.709. The lowest BCUT2D eigenvalue weighted by molar-refractivity contribution is 0.0502. The van der Waals surface area contributed by atoms with Gasteiger partial charge in [0.2, 0.25) is 0 Å². The summed E-state index contributed by atoms with van der Waals surface area (Å²) in [6.07, 6.45) is 2.08. The van der Waals surface area contributed by atoms with Crippen LogP contribution in [0.2, 0.25) is 0 Å². The first-order valence-corrected chi connectivity index (χ1v) is 10.1. The maximum Gasteiger partial charge on any atom is 0.275 e. The molecular formula is C20H26BrN3O3. The van der Waals surface area contributed by atoms with Crippen molar-refractivity contribution in [2.75, 3.05) is 20.3 Å². The van der Waals surface area contributed by atoms with Crippen LogP contribution in [0.1, 0.15) is 54.4 Å².